The van der Waals surface area contributed by atoms with E-state index in [0.29, 0.717) is 25.1 Å². The maximum absolute atomic E-state index is 12.2. The van der Waals surface area contributed by atoms with E-state index in [1.807, 2.05) is 0 Å². The molecule has 0 unspecified atom stereocenters. The lowest BCUT2D eigenvalue weighted by Crippen LogP contribution is -2.46. The summed E-state index contributed by atoms with van der Waals surface area (Å²) in [5.41, 5.74) is -0.214. The van der Waals surface area contributed by atoms with Gasteiger partial charge in [-0.1, -0.05) is 30.2 Å². The molecule has 0 spiro atoms. The SMILES string of the molecule is [2H]c1c([2H])c([2H])c(C[C@@H]2C[C@@H](c3cc(=O)[nH]o3)CCN2C(=O)OC)c([2H])c1[2H]. The van der Waals surface area contributed by atoms with E-state index in [-0.39, 0.29) is 35.5 Å². The second-order valence-electron chi connectivity index (χ2n) is 5.46. The number of H-pyrrole nitrogens is 1. The molecule has 2 aromatic rings. The Balaban J connectivity index is 1.95. The molecule has 1 aliphatic rings. The number of carbonyl (C=O) groups is 1. The molecule has 1 amide bonds. The number of aromatic amines is 1. The number of hydrogen-bond donors (Lipinski definition) is 1. The van der Waals surface area contributed by atoms with Crippen molar-refractivity contribution in [2.24, 2.45) is 0 Å². The summed E-state index contributed by atoms with van der Waals surface area (Å²) in [5.74, 6) is 0.329. The zero-order chi connectivity index (χ0) is 20.6. The first-order valence-electron chi connectivity index (χ1n) is 9.83. The third kappa shape index (κ3) is 3.47. The molecule has 6 heteroatoms. The zero-order valence-corrected chi connectivity index (χ0v) is 12.6. The molecule has 122 valence electrons. The summed E-state index contributed by atoms with van der Waals surface area (Å²) >= 11 is 0. The largest absolute Gasteiger partial charge is 0.453 e. The van der Waals surface area contributed by atoms with Gasteiger partial charge in [-0.2, -0.15) is 5.16 Å². The maximum atomic E-state index is 12.2. The standard InChI is InChI=1S/C17H20N2O4/c1-22-17(21)19-8-7-13(15-11-16(20)18-23-15)10-14(19)9-12-5-3-2-4-6-12/h2-6,11,13-14H,7-10H2,1H3,(H,18,20)/t13-,14+/m0/s1/i2D,3D,4D,5D,6D. The molecule has 1 fully saturated rings. The van der Waals surface area contributed by atoms with Gasteiger partial charge in [-0.05, 0) is 24.8 Å². The number of methoxy groups -OCH3 is 1. The maximum Gasteiger partial charge on any atom is 0.409 e. The van der Waals surface area contributed by atoms with Gasteiger partial charge in [-0.25, -0.2) is 4.79 Å². The third-order valence-corrected chi connectivity index (χ3v) is 4.06. The molecule has 2 atom stereocenters. The van der Waals surface area contributed by atoms with Crippen LogP contribution in [-0.4, -0.2) is 35.8 Å². The lowest BCUT2D eigenvalue weighted by molar-refractivity contribution is 0.0817. The summed E-state index contributed by atoms with van der Waals surface area (Å²) in [5, 5.41) is 2.25. The molecular formula is C17H20N2O4. The van der Waals surface area contributed by atoms with Crippen LogP contribution in [0.2, 0.25) is 0 Å². The van der Waals surface area contributed by atoms with Crippen LogP contribution in [0.15, 0.2) is 45.6 Å². The van der Waals surface area contributed by atoms with E-state index in [0.717, 1.165) is 0 Å². The van der Waals surface area contributed by atoms with Gasteiger partial charge in [0, 0.05) is 24.6 Å². The van der Waals surface area contributed by atoms with E-state index in [1.54, 1.807) is 0 Å². The Kier molecular flexibility index (Phi) is 3.01. The monoisotopic (exact) mass is 321 g/mol. The average molecular weight is 321 g/mol. The zero-order valence-electron chi connectivity index (χ0n) is 17.6. The molecule has 6 nitrogen and oxygen atoms in total. The smallest absolute Gasteiger partial charge is 0.409 e. The summed E-state index contributed by atoms with van der Waals surface area (Å²) < 4.78 is 49.7. The Hall–Kier alpha value is -2.50. The van der Waals surface area contributed by atoms with Gasteiger partial charge in [-0.15, -0.1) is 0 Å². The van der Waals surface area contributed by atoms with Crippen molar-refractivity contribution in [3.05, 3.63) is 58.0 Å². The summed E-state index contributed by atoms with van der Waals surface area (Å²) in [7, 11) is 1.27. The number of rotatable bonds is 3. The highest BCUT2D eigenvalue weighted by Crippen LogP contribution is 2.32. The van der Waals surface area contributed by atoms with E-state index in [9.17, 15) is 9.59 Å². The van der Waals surface area contributed by atoms with Gasteiger partial charge in [0.25, 0.3) is 5.56 Å². The molecular weight excluding hydrogens is 296 g/mol. The highest BCUT2D eigenvalue weighted by atomic mass is 16.5. The molecule has 1 N–H and O–H groups in total. The Morgan fingerprint density at radius 2 is 2.26 bits per heavy atom. The first-order chi connectivity index (χ1) is 13.2. The predicted molar refractivity (Wildman–Crippen MR) is 84.3 cm³/mol. The van der Waals surface area contributed by atoms with Crippen LogP contribution in [0.5, 0.6) is 0 Å². The second-order valence-corrected chi connectivity index (χ2v) is 5.46. The van der Waals surface area contributed by atoms with E-state index in [2.05, 4.69) is 5.16 Å². The van der Waals surface area contributed by atoms with Gasteiger partial charge < -0.3 is 14.2 Å². The van der Waals surface area contributed by atoms with Crippen molar-refractivity contribution in [3.8, 4) is 0 Å². The fourth-order valence-corrected chi connectivity index (χ4v) is 2.97. The molecule has 2 heterocycles. The molecule has 3 rings (SSSR count). The first-order valence-corrected chi connectivity index (χ1v) is 7.33. The van der Waals surface area contributed by atoms with Crippen molar-refractivity contribution in [1.29, 1.82) is 0 Å². The molecule has 1 aromatic heterocycles. The van der Waals surface area contributed by atoms with Crippen LogP contribution in [-0.2, 0) is 11.2 Å². The number of nitrogens with one attached hydrogen (secondary N) is 1. The van der Waals surface area contributed by atoms with Crippen molar-refractivity contribution in [2.75, 3.05) is 13.7 Å². The van der Waals surface area contributed by atoms with Crippen LogP contribution >= 0.6 is 0 Å². The summed E-state index contributed by atoms with van der Waals surface area (Å²) in [6, 6.07) is -0.972. The molecule has 0 saturated carbocycles. The number of amides is 1. The highest BCUT2D eigenvalue weighted by Gasteiger charge is 2.34. The van der Waals surface area contributed by atoms with E-state index >= 15 is 0 Å². The number of carbonyl (C=O) groups excluding carboxylic acids is 1. The average Bonchev–Trinajstić information content (AvgIpc) is 3.13. The predicted octanol–water partition coefficient (Wildman–Crippen LogP) is 2.53. The number of aromatic nitrogens is 1. The van der Waals surface area contributed by atoms with Gasteiger partial charge in [0.05, 0.1) is 14.0 Å². The van der Waals surface area contributed by atoms with Crippen molar-refractivity contribution in [3.63, 3.8) is 0 Å². The van der Waals surface area contributed by atoms with Crippen LogP contribution in [0.25, 0.3) is 0 Å². The van der Waals surface area contributed by atoms with Crippen LogP contribution in [0.1, 0.15) is 36.9 Å². The normalized spacial score (nSPS) is 24.2. The molecule has 1 aliphatic heterocycles. The molecule has 23 heavy (non-hydrogen) atoms. The quantitative estimate of drug-likeness (QED) is 0.942. The Bertz CT molecular complexity index is 929. The van der Waals surface area contributed by atoms with Crippen molar-refractivity contribution < 1.29 is 20.9 Å². The number of piperidine rings is 1. The minimum Gasteiger partial charge on any atom is -0.453 e. The number of hydrogen-bond acceptors (Lipinski definition) is 4. The van der Waals surface area contributed by atoms with Gasteiger partial charge in [0.1, 0.15) is 5.76 Å². The molecule has 0 bridgehead atoms. The Morgan fingerprint density at radius 3 is 2.91 bits per heavy atom. The highest BCUT2D eigenvalue weighted by molar-refractivity contribution is 5.68. The van der Waals surface area contributed by atoms with E-state index < -0.39 is 30.3 Å². The van der Waals surface area contributed by atoms with Crippen LogP contribution in [0.3, 0.4) is 0 Å². The fraction of sp³-hybridized carbons (Fsp3) is 0.412. The second kappa shape index (κ2) is 6.73. The molecule has 0 radical (unpaired) electrons. The van der Waals surface area contributed by atoms with E-state index in [1.165, 1.54) is 18.1 Å². The van der Waals surface area contributed by atoms with Crippen LogP contribution < -0.4 is 5.56 Å². The van der Waals surface area contributed by atoms with Gasteiger partial charge >= 0.3 is 6.09 Å². The van der Waals surface area contributed by atoms with Crippen molar-refractivity contribution in [2.45, 2.75) is 31.2 Å². The summed E-state index contributed by atoms with van der Waals surface area (Å²) in [6.07, 6.45) is 0.465. The minimum atomic E-state index is -0.550. The van der Waals surface area contributed by atoms with Gasteiger partial charge in [0.15, 0.2) is 0 Å². The first kappa shape index (κ1) is 10.3. The van der Waals surface area contributed by atoms with E-state index in [4.69, 9.17) is 16.1 Å². The topological polar surface area (TPSA) is 75.5 Å². The molecule has 1 aromatic carbocycles. The fourth-order valence-electron chi connectivity index (χ4n) is 2.97. The lowest BCUT2D eigenvalue weighted by atomic mass is 9.86. The number of nitrogens with zero attached hydrogens (tertiary/aromatic N) is 1. The number of likely N-dealkylation sites (tertiary alicyclic amines) is 1. The lowest BCUT2D eigenvalue weighted by Gasteiger charge is -2.38. The minimum absolute atomic E-state index is 0.0654. The third-order valence-electron chi connectivity index (χ3n) is 4.06. The van der Waals surface area contributed by atoms with Gasteiger partial charge in [0.2, 0.25) is 0 Å². The summed E-state index contributed by atoms with van der Waals surface area (Å²) in [4.78, 5) is 25.1. The number of benzene rings is 1. The Morgan fingerprint density at radius 1 is 1.48 bits per heavy atom. The van der Waals surface area contributed by atoms with Crippen LogP contribution in [0, 0.1) is 0 Å². The molecule has 1 saturated heterocycles. The molecule has 0 aliphatic carbocycles. The summed E-state index contributed by atoms with van der Waals surface area (Å²) in [6.45, 7) is 0.329. The van der Waals surface area contributed by atoms with Crippen molar-refractivity contribution in [1.82, 2.24) is 10.1 Å². The Labute approximate surface area is 141 Å². The van der Waals surface area contributed by atoms with Gasteiger partial charge in [-0.3, -0.25) is 4.79 Å². The van der Waals surface area contributed by atoms with Crippen LogP contribution in [0.4, 0.5) is 4.79 Å². The van der Waals surface area contributed by atoms with Crippen molar-refractivity contribution >= 4 is 6.09 Å². The number of ether oxygens (including phenoxy) is 1.